The molecule has 7 nitrogen and oxygen atoms in total. The maximum absolute atomic E-state index is 10.9. The van der Waals surface area contributed by atoms with Gasteiger partial charge in [0.25, 0.3) is 0 Å². The summed E-state index contributed by atoms with van der Waals surface area (Å²) in [7, 11) is 0. The van der Waals surface area contributed by atoms with Gasteiger partial charge in [0, 0.05) is 0 Å². The van der Waals surface area contributed by atoms with Crippen LogP contribution in [0.5, 0.6) is 0 Å². The number of carbonyl (C=O) groups is 1. The number of nitrogens with zero attached hydrogens (tertiary/aromatic N) is 3. The van der Waals surface area contributed by atoms with E-state index in [1.165, 1.54) is 0 Å². The van der Waals surface area contributed by atoms with E-state index in [1.54, 1.807) is 6.92 Å². The van der Waals surface area contributed by atoms with Gasteiger partial charge in [-0.15, -0.1) is 0 Å². The van der Waals surface area contributed by atoms with Gasteiger partial charge in [-0.2, -0.15) is 4.68 Å². The molecule has 0 saturated heterocycles. The second-order valence-electron chi connectivity index (χ2n) is 3.25. The van der Waals surface area contributed by atoms with Gasteiger partial charge in [-0.3, -0.25) is 0 Å². The molecule has 0 aliphatic carbocycles. The zero-order valence-corrected chi connectivity index (χ0v) is 9.43. The fraction of sp³-hybridized carbons (Fsp3) is 0.500. The molecule has 1 aromatic heterocycles. The highest BCUT2D eigenvalue weighted by Crippen LogP contribution is 2.29. The van der Waals surface area contributed by atoms with Crippen LogP contribution in [0.15, 0.2) is 0 Å². The lowest BCUT2D eigenvalue weighted by atomic mass is 10.2. The Bertz CT molecular complexity index is 443. The minimum atomic E-state index is -1.33. The second kappa shape index (κ2) is 4.48. The molecule has 0 aromatic carbocycles. The van der Waals surface area contributed by atoms with Crippen LogP contribution in [0, 0.1) is 10.1 Å². The third-order valence-electron chi connectivity index (χ3n) is 2.22. The fourth-order valence-corrected chi connectivity index (χ4v) is 1.48. The molecule has 16 heavy (non-hydrogen) atoms. The van der Waals surface area contributed by atoms with E-state index in [0.29, 0.717) is 6.42 Å². The van der Waals surface area contributed by atoms with Gasteiger partial charge in [0.1, 0.15) is 0 Å². The molecule has 0 amide bonds. The zero-order valence-electron chi connectivity index (χ0n) is 8.68. The molecule has 0 fully saturated rings. The third-order valence-corrected chi connectivity index (χ3v) is 2.57. The lowest BCUT2D eigenvalue weighted by Gasteiger charge is -2.06. The van der Waals surface area contributed by atoms with Gasteiger partial charge in [-0.05, 0) is 18.3 Å². The Hall–Kier alpha value is -1.63. The first-order chi connectivity index (χ1) is 7.40. The van der Waals surface area contributed by atoms with E-state index in [2.05, 4.69) is 5.10 Å². The molecule has 1 atom stereocenters. The maximum Gasteiger partial charge on any atom is 0.409 e. The molecule has 0 aliphatic heterocycles. The number of hydrogen-bond acceptors (Lipinski definition) is 4. The van der Waals surface area contributed by atoms with E-state index >= 15 is 0 Å². The summed E-state index contributed by atoms with van der Waals surface area (Å²) in [4.78, 5) is 20.7. The Labute approximate surface area is 95.8 Å². The highest BCUT2D eigenvalue weighted by atomic mass is 35.5. The van der Waals surface area contributed by atoms with E-state index < -0.39 is 21.7 Å². The standard InChI is InChI=1S/C8H10ClN3O4/c1-3-4(2)11-6(8(13)14)5(9)7(10-11)12(15)16/h4H,3H2,1-2H3,(H,13,14). The Balaban J connectivity index is 3.42. The van der Waals surface area contributed by atoms with Crippen molar-refractivity contribution in [2.45, 2.75) is 26.3 Å². The number of halogens is 1. The van der Waals surface area contributed by atoms with Gasteiger partial charge in [-0.1, -0.05) is 18.5 Å². The Morgan fingerprint density at radius 2 is 2.31 bits per heavy atom. The van der Waals surface area contributed by atoms with Crippen molar-refractivity contribution in [1.29, 1.82) is 0 Å². The molecule has 1 unspecified atom stereocenters. The molecule has 0 radical (unpaired) electrons. The number of hydrogen-bond donors (Lipinski definition) is 1. The van der Waals surface area contributed by atoms with Gasteiger partial charge < -0.3 is 15.2 Å². The number of carboxylic acid groups (broad SMARTS) is 1. The zero-order chi connectivity index (χ0) is 12.5. The van der Waals surface area contributed by atoms with Crippen molar-refractivity contribution in [2.24, 2.45) is 0 Å². The van der Waals surface area contributed by atoms with Crippen LogP contribution >= 0.6 is 11.6 Å². The van der Waals surface area contributed by atoms with Gasteiger partial charge in [0.15, 0.2) is 10.7 Å². The van der Waals surface area contributed by atoms with E-state index in [9.17, 15) is 14.9 Å². The minimum absolute atomic E-state index is 0.266. The highest BCUT2D eigenvalue weighted by molar-refractivity contribution is 6.35. The first kappa shape index (κ1) is 12.4. The van der Waals surface area contributed by atoms with Gasteiger partial charge in [0.05, 0.1) is 11.1 Å². The average molecular weight is 248 g/mol. The van der Waals surface area contributed by atoms with Crippen LogP contribution in [0.2, 0.25) is 5.02 Å². The lowest BCUT2D eigenvalue weighted by molar-refractivity contribution is -0.389. The summed E-state index contributed by atoms with van der Waals surface area (Å²) in [6.07, 6.45) is 0.593. The predicted molar refractivity (Wildman–Crippen MR) is 55.9 cm³/mol. The van der Waals surface area contributed by atoms with Crippen LogP contribution in [0.1, 0.15) is 36.8 Å². The smallest absolute Gasteiger partial charge is 0.409 e. The van der Waals surface area contributed by atoms with Gasteiger partial charge in [0.2, 0.25) is 0 Å². The van der Waals surface area contributed by atoms with Gasteiger partial charge in [-0.25, -0.2) is 4.79 Å². The van der Waals surface area contributed by atoms with Crippen molar-refractivity contribution in [2.75, 3.05) is 0 Å². The number of aromatic nitrogens is 2. The Morgan fingerprint density at radius 1 is 1.75 bits per heavy atom. The molecule has 1 rings (SSSR count). The molecule has 1 heterocycles. The summed E-state index contributed by atoms with van der Waals surface area (Å²) in [6.45, 7) is 3.53. The molecule has 8 heteroatoms. The number of nitro groups is 1. The summed E-state index contributed by atoms with van der Waals surface area (Å²) >= 11 is 5.61. The summed E-state index contributed by atoms with van der Waals surface area (Å²) in [5.41, 5.74) is -0.345. The summed E-state index contributed by atoms with van der Waals surface area (Å²) in [5, 5.41) is 22.7. The number of rotatable bonds is 4. The third kappa shape index (κ3) is 1.99. The van der Waals surface area contributed by atoms with Crippen molar-refractivity contribution in [3.05, 3.63) is 20.8 Å². The van der Waals surface area contributed by atoms with Crippen molar-refractivity contribution in [3.63, 3.8) is 0 Å². The molecule has 88 valence electrons. The molecule has 0 saturated carbocycles. The van der Waals surface area contributed by atoms with Crippen LogP contribution in [0.3, 0.4) is 0 Å². The maximum atomic E-state index is 10.9. The van der Waals surface area contributed by atoms with Crippen molar-refractivity contribution in [3.8, 4) is 0 Å². The second-order valence-corrected chi connectivity index (χ2v) is 3.63. The predicted octanol–water partition coefficient (Wildman–Crippen LogP) is 2.11. The van der Waals surface area contributed by atoms with Crippen molar-refractivity contribution in [1.82, 2.24) is 9.78 Å². The molecule has 0 spiro atoms. The minimum Gasteiger partial charge on any atom is -0.476 e. The quantitative estimate of drug-likeness (QED) is 0.649. The van der Waals surface area contributed by atoms with Gasteiger partial charge >= 0.3 is 11.8 Å². The van der Waals surface area contributed by atoms with Crippen LogP contribution in [-0.4, -0.2) is 25.8 Å². The molecule has 0 bridgehead atoms. The first-order valence-electron chi connectivity index (χ1n) is 4.55. The highest BCUT2D eigenvalue weighted by Gasteiger charge is 2.32. The molecule has 1 N–H and O–H groups in total. The monoisotopic (exact) mass is 247 g/mol. The normalized spacial score (nSPS) is 12.4. The first-order valence-corrected chi connectivity index (χ1v) is 4.93. The lowest BCUT2D eigenvalue weighted by Crippen LogP contribution is -2.14. The van der Waals surface area contributed by atoms with Crippen molar-refractivity contribution >= 4 is 23.4 Å². The summed E-state index contributed by atoms with van der Waals surface area (Å²) < 4.78 is 1.07. The van der Waals surface area contributed by atoms with Crippen molar-refractivity contribution < 1.29 is 14.8 Å². The topological polar surface area (TPSA) is 98.3 Å². The Morgan fingerprint density at radius 3 is 2.69 bits per heavy atom. The van der Waals surface area contributed by atoms with Crippen LogP contribution in [0.25, 0.3) is 0 Å². The largest absolute Gasteiger partial charge is 0.476 e. The van der Waals surface area contributed by atoms with E-state index in [0.717, 1.165) is 4.68 Å². The fourth-order valence-electron chi connectivity index (χ4n) is 1.20. The molecular weight excluding hydrogens is 238 g/mol. The van der Waals surface area contributed by atoms with E-state index in [4.69, 9.17) is 16.7 Å². The average Bonchev–Trinajstić information content (AvgIpc) is 2.54. The van der Waals surface area contributed by atoms with Crippen LogP contribution < -0.4 is 0 Å². The number of aromatic carboxylic acids is 1. The SMILES string of the molecule is CCC(C)n1nc([N+](=O)[O-])c(Cl)c1C(=O)O. The number of carboxylic acids is 1. The summed E-state index contributed by atoms with van der Waals surface area (Å²) in [5.74, 6) is -1.95. The Kier molecular flexibility index (Phi) is 3.48. The molecular formula is C8H10ClN3O4. The summed E-state index contributed by atoms with van der Waals surface area (Å²) in [6, 6.07) is -0.266. The van der Waals surface area contributed by atoms with Crippen LogP contribution in [-0.2, 0) is 0 Å². The molecule has 0 aliphatic rings. The van der Waals surface area contributed by atoms with E-state index in [1.807, 2.05) is 6.92 Å². The molecule has 1 aromatic rings. The van der Waals surface area contributed by atoms with E-state index in [-0.39, 0.29) is 11.7 Å². The van der Waals surface area contributed by atoms with Crippen LogP contribution in [0.4, 0.5) is 5.82 Å².